The molecule has 0 atom stereocenters. The smallest absolute Gasteiger partial charge is 0.274 e. The van der Waals surface area contributed by atoms with Crippen LogP contribution < -0.4 is 10.9 Å². The van der Waals surface area contributed by atoms with Gasteiger partial charge in [-0.1, -0.05) is 17.8 Å². The summed E-state index contributed by atoms with van der Waals surface area (Å²) in [5.74, 6) is -0.762. The molecule has 2 aliphatic rings. The highest BCUT2D eigenvalue weighted by Crippen LogP contribution is 2.56. The van der Waals surface area contributed by atoms with Crippen molar-refractivity contribution in [1.82, 2.24) is 21.0 Å². The van der Waals surface area contributed by atoms with Crippen molar-refractivity contribution in [3.63, 3.8) is 0 Å². The van der Waals surface area contributed by atoms with E-state index >= 15 is 0 Å². The van der Waals surface area contributed by atoms with Gasteiger partial charge in [0, 0.05) is 18.2 Å². The maximum absolute atomic E-state index is 12.9. The molecular formula is C20H15F3N6O2S2. The summed E-state index contributed by atoms with van der Waals surface area (Å²) in [7, 11) is 0. The van der Waals surface area contributed by atoms with E-state index in [1.54, 1.807) is 6.07 Å². The molecule has 1 fully saturated rings. The highest BCUT2D eigenvalue weighted by atomic mass is 32.2. The SMILES string of the molecule is CC(=O)NNC(=O)c1cc2c(nn1)SC(SCc1ccc(C(F)(F)F)cc1C#N)=NC21CC1. The van der Waals surface area contributed by atoms with E-state index in [1.807, 2.05) is 6.07 Å². The number of aliphatic imine (C=N–C) groups is 1. The van der Waals surface area contributed by atoms with Crippen LogP contribution in [0.5, 0.6) is 0 Å². The molecule has 170 valence electrons. The third kappa shape index (κ3) is 4.96. The number of hydrazine groups is 1. The molecule has 1 aromatic heterocycles. The van der Waals surface area contributed by atoms with Crippen molar-refractivity contribution in [3.05, 3.63) is 52.2 Å². The minimum atomic E-state index is -4.51. The largest absolute Gasteiger partial charge is 0.416 e. The summed E-state index contributed by atoms with van der Waals surface area (Å²) in [6.45, 7) is 1.26. The van der Waals surface area contributed by atoms with Crippen molar-refractivity contribution in [3.8, 4) is 6.07 Å². The number of fused-ring (bicyclic) bond motifs is 2. The van der Waals surface area contributed by atoms with Gasteiger partial charge in [0.15, 0.2) is 5.69 Å². The van der Waals surface area contributed by atoms with Gasteiger partial charge in [-0.3, -0.25) is 25.4 Å². The Labute approximate surface area is 194 Å². The lowest BCUT2D eigenvalue weighted by molar-refractivity contribution is -0.137. The molecule has 4 rings (SSSR count). The van der Waals surface area contributed by atoms with E-state index in [0.717, 1.165) is 30.5 Å². The van der Waals surface area contributed by atoms with Gasteiger partial charge in [0.2, 0.25) is 5.91 Å². The summed E-state index contributed by atoms with van der Waals surface area (Å²) in [6, 6.07) is 6.55. The number of amides is 2. The summed E-state index contributed by atoms with van der Waals surface area (Å²) in [5.41, 5.74) is 4.32. The van der Waals surface area contributed by atoms with Gasteiger partial charge in [0.25, 0.3) is 5.91 Å². The molecule has 2 heterocycles. The number of nitriles is 1. The molecular weight excluding hydrogens is 477 g/mol. The number of rotatable bonds is 3. The highest BCUT2D eigenvalue weighted by molar-refractivity contribution is 8.38. The third-order valence-corrected chi connectivity index (χ3v) is 7.13. The van der Waals surface area contributed by atoms with Crippen LogP contribution in [0.4, 0.5) is 13.2 Å². The molecule has 1 aromatic carbocycles. The molecule has 1 aliphatic heterocycles. The van der Waals surface area contributed by atoms with Crippen LogP contribution in [0.25, 0.3) is 0 Å². The number of carbonyl (C=O) groups excluding carboxylic acids is 2. The number of nitrogens with zero attached hydrogens (tertiary/aromatic N) is 4. The van der Waals surface area contributed by atoms with E-state index in [2.05, 4.69) is 21.0 Å². The molecule has 1 saturated carbocycles. The van der Waals surface area contributed by atoms with Crippen LogP contribution in [0.15, 0.2) is 34.3 Å². The predicted molar refractivity (Wildman–Crippen MR) is 115 cm³/mol. The number of carbonyl (C=O) groups is 2. The van der Waals surface area contributed by atoms with Gasteiger partial charge in [-0.25, -0.2) is 0 Å². The van der Waals surface area contributed by atoms with Crippen molar-refractivity contribution in [1.29, 1.82) is 5.26 Å². The van der Waals surface area contributed by atoms with E-state index in [4.69, 9.17) is 4.99 Å². The minimum absolute atomic E-state index is 0.0325. The Morgan fingerprint density at radius 2 is 2.00 bits per heavy atom. The van der Waals surface area contributed by atoms with Gasteiger partial charge in [0.1, 0.15) is 9.40 Å². The zero-order valence-electron chi connectivity index (χ0n) is 17.0. The summed E-state index contributed by atoms with van der Waals surface area (Å²) in [4.78, 5) is 27.9. The second-order valence-electron chi connectivity index (χ2n) is 7.37. The van der Waals surface area contributed by atoms with E-state index in [1.165, 1.54) is 36.5 Å². The van der Waals surface area contributed by atoms with Crippen molar-refractivity contribution in [2.24, 2.45) is 4.99 Å². The van der Waals surface area contributed by atoms with Crippen LogP contribution in [-0.4, -0.2) is 26.4 Å². The Hall–Kier alpha value is -3.11. The van der Waals surface area contributed by atoms with Crippen LogP contribution in [0.1, 0.15) is 52.5 Å². The Balaban J connectivity index is 1.50. The van der Waals surface area contributed by atoms with Crippen LogP contribution in [0.2, 0.25) is 0 Å². The van der Waals surface area contributed by atoms with E-state index in [9.17, 15) is 28.0 Å². The first-order valence-electron chi connectivity index (χ1n) is 9.57. The third-order valence-electron chi connectivity index (χ3n) is 4.97. The fraction of sp³-hybridized carbons (Fsp3) is 0.300. The molecule has 0 radical (unpaired) electrons. The van der Waals surface area contributed by atoms with Gasteiger partial charge in [-0.05, 0) is 48.4 Å². The number of hydrogen-bond acceptors (Lipinski definition) is 8. The van der Waals surface area contributed by atoms with E-state index in [-0.39, 0.29) is 17.0 Å². The van der Waals surface area contributed by atoms with Gasteiger partial charge in [0.05, 0.1) is 22.7 Å². The van der Waals surface area contributed by atoms with Gasteiger partial charge in [-0.15, -0.1) is 10.2 Å². The van der Waals surface area contributed by atoms with Crippen molar-refractivity contribution in [2.45, 2.75) is 42.3 Å². The normalized spacial score (nSPS) is 15.8. The Kier molecular flexibility index (Phi) is 6.06. The molecule has 13 heteroatoms. The molecule has 33 heavy (non-hydrogen) atoms. The number of benzene rings is 1. The maximum atomic E-state index is 12.9. The van der Waals surface area contributed by atoms with Crippen LogP contribution >= 0.6 is 23.5 Å². The van der Waals surface area contributed by atoms with Gasteiger partial charge >= 0.3 is 6.18 Å². The van der Waals surface area contributed by atoms with Gasteiger partial charge < -0.3 is 0 Å². The molecule has 1 spiro atoms. The highest BCUT2D eigenvalue weighted by Gasteiger charge is 2.49. The van der Waals surface area contributed by atoms with Crippen molar-refractivity contribution >= 4 is 39.7 Å². The maximum Gasteiger partial charge on any atom is 0.416 e. The molecule has 0 saturated heterocycles. The number of hydrogen-bond donors (Lipinski definition) is 2. The monoisotopic (exact) mass is 492 g/mol. The quantitative estimate of drug-likeness (QED) is 0.629. The number of nitrogens with one attached hydrogen (secondary N) is 2. The topological polar surface area (TPSA) is 120 Å². The first kappa shape index (κ1) is 23.1. The summed E-state index contributed by atoms with van der Waals surface area (Å²) in [6.07, 6.45) is -3.00. The molecule has 0 bridgehead atoms. The molecule has 2 N–H and O–H groups in total. The Morgan fingerprint density at radius 1 is 1.24 bits per heavy atom. The number of alkyl halides is 3. The van der Waals surface area contributed by atoms with Crippen LogP contribution in [0, 0.1) is 11.3 Å². The Morgan fingerprint density at radius 3 is 2.64 bits per heavy atom. The average Bonchev–Trinajstić information content (AvgIpc) is 3.54. The first-order valence-corrected chi connectivity index (χ1v) is 11.4. The second kappa shape index (κ2) is 8.68. The minimum Gasteiger partial charge on any atom is -0.274 e. The van der Waals surface area contributed by atoms with Crippen LogP contribution in [-0.2, 0) is 22.3 Å². The molecule has 2 aromatic rings. The zero-order chi connectivity index (χ0) is 23.8. The average molecular weight is 493 g/mol. The molecule has 8 nitrogen and oxygen atoms in total. The first-order chi connectivity index (χ1) is 15.6. The lowest BCUT2D eigenvalue weighted by Gasteiger charge is -2.22. The number of aromatic nitrogens is 2. The lowest BCUT2D eigenvalue weighted by atomic mass is 10.1. The summed E-state index contributed by atoms with van der Waals surface area (Å²) < 4.78 is 39.4. The fourth-order valence-electron chi connectivity index (χ4n) is 3.13. The van der Waals surface area contributed by atoms with Crippen LogP contribution in [0.3, 0.4) is 0 Å². The van der Waals surface area contributed by atoms with Crippen molar-refractivity contribution in [2.75, 3.05) is 0 Å². The van der Waals surface area contributed by atoms with E-state index in [0.29, 0.717) is 15.0 Å². The standard InChI is InChI=1S/C20H15F3N6O2S2/c1-10(30)26-28-16(31)15-7-14-17(29-27-15)33-18(25-19(14)4-5-19)32-9-11-2-3-13(20(21,22)23)6-12(11)8-24/h2-3,6-7H,4-5,9H2,1H3,(H,26,30)(H,28,31). The second-order valence-corrected chi connectivity index (χ2v) is 9.57. The molecule has 1 aliphatic carbocycles. The van der Waals surface area contributed by atoms with E-state index < -0.39 is 29.1 Å². The molecule has 2 amide bonds. The zero-order valence-corrected chi connectivity index (χ0v) is 18.6. The number of thioether (sulfide) groups is 2. The summed E-state index contributed by atoms with van der Waals surface area (Å²) >= 11 is 2.56. The predicted octanol–water partition coefficient (Wildman–Crippen LogP) is 3.53. The van der Waals surface area contributed by atoms with Crippen molar-refractivity contribution < 1.29 is 22.8 Å². The van der Waals surface area contributed by atoms with Gasteiger partial charge in [-0.2, -0.15) is 18.4 Å². The Bertz CT molecular complexity index is 1220. The fourth-order valence-corrected chi connectivity index (χ4v) is 5.38. The lowest BCUT2D eigenvalue weighted by Crippen LogP contribution is -2.40. The molecule has 0 unspecified atom stereocenters. The summed E-state index contributed by atoms with van der Waals surface area (Å²) in [5, 5.41) is 17.9. The number of halogens is 3.